The predicted molar refractivity (Wildman–Crippen MR) is 61.5 cm³/mol. The average Bonchev–Trinajstić information content (AvgIpc) is 2.88. The third-order valence-corrected chi connectivity index (χ3v) is 2.85. The topological polar surface area (TPSA) is 68.8 Å². The van der Waals surface area contributed by atoms with Gasteiger partial charge in [0.05, 0.1) is 0 Å². The standard InChI is InChI=1S/C11H15N5O/c1-7(12-9-5-6-16(2)14-9)11-13-10(15-17-11)8-3-4-8/h5-8H,3-4H2,1-2H3,(H,12,14). The largest absolute Gasteiger partial charge is 0.357 e. The van der Waals surface area contributed by atoms with Gasteiger partial charge in [-0.05, 0) is 19.8 Å². The number of hydrogen-bond acceptors (Lipinski definition) is 5. The highest BCUT2D eigenvalue weighted by Gasteiger charge is 2.29. The molecule has 0 saturated heterocycles. The summed E-state index contributed by atoms with van der Waals surface area (Å²) in [6.45, 7) is 1.98. The minimum Gasteiger partial charge on any atom is -0.357 e. The molecular formula is C11H15N5O. The molecule has 0 amide bonds. The van der Waals surface area contributed by atoms with Gasteiger partial charge in [-0.25, -0.2) is 0 Å². The van der Waals surface area contributed by atoms with Crippen LogP contribution in [0.25, 0.3) is 0 Å². The summed E-state index contributed by atoms with van der Waals surface area (Å²) in [5.74, 6) is 2.80. The van der Waals surface area contributed by atoms with E-state index in [4.69, 9.17) is 4.52 Å². The van der Waals surface area contributed by atoms with Gasteiger partial charge in [-0.3, -0.25) is 4.68 Å². The molecule has 1 unspecified atom stereocenters. The van der Waals surface area contributed by atoms with Crippen molar-refractivity contribution >= 4 is 5.82 Å². The molecule has 6 nitrogen and oxygen atoms in total. The van der Waals surface area contributed by atoms with E-state index in [1.165, 1.54) is 12.8 Å². The summed E-state index contributed by atoms with van der Waals surface area (Å²) in [5.41, 5.74) is 0. The van der Waals surface area contributed by atoms with Crippen molar-refractivity contribution in [1.29, 1.82) is 0 Å². The van der Waals surface area contributed by atoms with Gasteiger partial charge in [0, 0.05) is 25.2 Å². The fourth-order valence-electron chi connectivity index (χ4n) is 1.71. The number of anilines is 1. The van der Waals surface area contributed by atoms with Gasteiger partial charge in [0.25, 0.3) is 0 Å². The van der Waals surface area contributed by atoms with Crippen LogP contribution in [-0.2, 0) is 7.05 Å². The number of hydrogen-bond donors (Lipinski definition) is 1. The molecule has 0 bridgehead atoms. The first-order valence-corrected chi connectivity index (χ1v) is 5.82. The maximum atomic E-state index is 5.25. The molecule has 1 fully saturated rings. The lowest BCUT2D eigenvalue weighted by molar-refractivity contribution is 0.362. The second-order valence-corrected chi connectivity index (χ2v) is 4.51. The van der Waals surface area contributed by atoms with Crippen LogP contribution in [0.15, 0.2) is 16.8 Å². The van der Waals surface area contributed by atoms with E-state index in [1.807, 2.05) is 26.2 Å². The van der Waals surface area contributed by atoms with Gasteiger partial charge in [0.1, 0.15) is 11.9 Å². The first kappa shape index (κ1) is 10.3. The summed E-state index contributed by atoms with van der Waals surface area (Å²) in [7, 11) is 1.88. The van der Waals surface area contributed by atoms with E-state index in [1.54, 1.807) is 4.68 Å². The number of aromatic nitrogens is 4. The summed E-state index contributed by atoms with van der Waals surface area (Å²) in [4.78, 5) is 4.40. The van der Waals surface area contributed by atoms with E-state index in [0.717, 1.165) is 11.6 Å². The Morgan fingerprint density at radius 1 is 1.53 bits per heavy atom. The van der Waals surface area contributed by atoms with Gasteiger partial charge in [-0.2, -0.15) is 10.1 Å². The van der Waals surface area contributed by atoms with Gasteiger partial charge in [0.2, 0.25) is 5.89 Å². The molecule has 1 aliphatic carbocycles. The number of nitrogens with one attached hydrogen (secondary N) is 1. The predicted octanol–water partition coefficient (Wildman–Crippen LogP) is 1.85. The van der Waals surface area contributed by atoms with Crippen LogP contribution in [0.2, 0.25) is 0 Å². The van der Waals surface area contributed by atoms with Crippen LogP contribution in [0.1, 0.15) is 43.4 Å². The van der Waals surface area contributed by atoms with Crippen LogP contribution in [0.4, 0.5) is 5.82 Å². The Labute approximate surface area is 99.0 Å². The number of nitrogens with zero attached hydrogens (tertiary/aromatic N) is 4. The summed E-state index contributed by atoms with van der Waals surface area (Å²) in [6, 6.07) is 1.89. The molecule has 6 heteroatoms. The van der Waals surface area contributed by atoms with Crippen LogP contribution in [0, 0.1) is 0 Å². The first-order valence-electron chi connectivity index (χ1n) is 5.82. The maximum Gasteiger partial charge on any atom is 0.248 e. The minimum atomic E-state index is -0.0232. The molecule has 90 valence electrons. The van der Waals surface area contributed by atoms with Gasteiger partial charge < -0.3 is 9.84 Å². The van der Waals surface area contributed by atoms with Crippen LogP contribution in [0.5, 0.6) is 0 Å². The normalized spacial score (nSPS) is 17.1. The molecule has 0 aliphatic heterocycles. The third-order valence-electron chi connectivity index (χ3n) is 2.85. The molecule has 1 N–H and O–H groups in total. The Bertz CT molecular complexity index is 513. The van der Waals surface area contributed by atoms with Gasteiger partial charge in [-0.1, -0.05) is 5.16 Å². The van der Waals surface area contributed by atoms with Gasteiger partial charge in [0.15, 0.2) is 5.82 Å². The Balaban J connectivity index is 1.69. The highest BCUT2D eigenvalue weighted by atomic mass is 16.5. The Hall–Kier alpha value is -1.85. The van der Waals surface area contributed by atoms with Crippen LogP contribution in [-0.4, -0.2) is 19.9 Å². The van der Waals surface area contributed by atoms with E-state index >= 15 is 0 Å². The summed E-state index contributed by atoms with van der Waals surface area (Å²) in [6.07, 6.45) is 4.25. The molecule has 2 heterocycles. The summed E-state index contributed by atoms with van der Waals surface area (Å²) >= 11 is 0. The molecular weight excluding hydrogens is 218 g/mol. The Kier molecular flexibility index (Phi) is 2.35. The van der Waals surface area contributed by atoms with Gasteiger partial charge >= 0.3 is 0 Å². The zero-order valence-electron chi connectivity index (χ0n) is 9.92. The summed E-state index contributed by atoms with van der Waals surface area (Å²) < 4.78 is 7.00. The SMILES string of the molecule is CC(Nc1ccn(C)n1)c1nc(C2CC2)no1. The molecule has 0 radical (unpaired) electrons. The van der Waals surface area contributed by atoms with Crippen molar-refractivity contribution in [2.45, 2.75) is 31.7 Å². The van der Waals surface area contributed by atoms with Crippen molar-refractivity contribution in [2.24, 2.45) is 7.05 Å². The second kappa shape index (κ2) is 3.87. The molecule has 2 aromatic rings. The van der Waals surface area contributed by atoms with Crippen LogP contribution < -0.4 is 5.32 Å². The minimum absolute atomic E-state index is 0.0232. The van der Waals surface area contributed by atoms with Crippen molar-refractivity contribution in [1.82, 2.24) is 19.9 Å². The van der Waals surface area contributed by atoms with Crippen LogP contribution in [0.3, 0.4) is 0 Å². The zero-order valence-corrected chi connectivity index (χ0v) is 9.92. The molecule has 0 spiro atoms. The molecule has 1 saturated carbocycles. The Morgan fingerprint density at radius 2 is 2.35 bits per heavy atom. The quantitative estimate of drug-likeness (QED) is 0.872. The molecule has 2 aromatic heterocycles. The number of aryl methyl sites for hydroxylation is 1. The van der Waals surface area contributed by atoms with Crippen molar-refractivity contribution < 1.29 is 4.52 Å². The van der Waals surface area contributed by atoms with Crippen molar-refractivity contribution in [3.63, 3.8) is 0 Å². The van der Waals surface area contributed by atoms with E-state index in [9.17, 15) is 0 Å². The first-order chi connectivity index (χ1) is 8.22. The molecule has 1 aliphatic rings. The highest BCUT2D eigenvalue weighted by Crippen LogP contribution is 2.38. The second-order valence-electron chi connectivity index (χ2n) is 4.51. The van der Waals surface area contributed by atoms with E-state index in [2.05, 4.69) is 20.6 Å². The van der Waals surface area contributed by atoms with Crippen molar-refractivity contribution in [3.8, 4) is 0 Å². The molecule has 0 aromatic carbocycles. The summed E-state index contributed by atoms with van der Waals surface area (Å²) in [5, 5.41) is 11.5. The maximum absolute atomic E-state index is 5.25. The lowest BCUT2D eigenvalue weighted by Gasteiger charge is -2.07. The Morgan fingerprint density at radius 3 is 3.00 bits per heavy atom. The zero-order chi connectivity index (χ0) is 11.8. The van der Waals surface area contributed by atoms with Gasteiger partial charge in [-0.15, -0.1) is 0 Å². The fraction of sp³-hybridized carbons (Fsp3) is 0.545. The van der Waals surface area contributed by atoms with E-state index in [0.29, 0.717) is 11.8 Å². The van der Waals surface area contributed by atoms with E-state index < -0.39 is 0 Å². The monoisotopic (exact) mass is 233 g/mol. The fourth-order valence-corrected chi connectivity index (χ4v) is 1.71. The molecule has 1 atom stereocenters. The van der Waals surface area contributed by atoms with E-state index in [-0.39, 0.29) is 6.04 Å². The molecule has 3 rings (SSSR count). The highest BCUT2D eigenvalue weighted by molar-refractivity contribution is 5.34. The lowest BCUT2D eigenvalue weighted by atomic mass is 10.3. The molecule has 17 heavy (non-hydrogen) atoms. The van der Waals surface area contributed by atoms with Crippen molar-refractivity contribution in [3.05, 3.63) is 24.0 Å². The average molecular weight is 233 g/mol. The lowest BCUT2D eigenvalue weighted by Crippen LogP contribution is -2.08. The third kappa shape index (κ3) is 2.15. The number of rotatable bonds is 4. The van der Waals surface area contributed by atoms with Crippen molar-refractivity contribution in [2.75, 3.05) is 5.32 Å². The van der Waals surface area contributed by atoms with Crippen LogP contribution >= 0.6 is 0 Å². The smallest absolute Gasteiger partial charge is 0.248 e.